The molecule has 1 saturated heterocycles. The summed E-state index contributed by atoms with van der Waals surface area (Å²) in [6.07, 6.45) is -0.370. The summed E-state index contributed by atoms with van der Waals surface area (Å²) >= 11 is 0. The van der Waals surface area contributed by atoms with Crippen molar-refractivity contribution in [2.45, 2.75) is 12.5 Å². The second-order valence-corrected chi connectivity index (χ2v) is 6.97. The molecule has 1 aliphatic heterocycles. The number of hydrogen-bond acceptors (Lipinski definition) is 7. The van der Waals surface area contributed by atoms with Gasteiger partial charge in [0, 0.05) is 23.7 Å². The van der Waals surface area contributed by atoms with Crippen molar-refractivity contribution in [3.8, 4) is 17.2 Å². The van der Waals surface area contributed by atoms with Crippen molar-refractivity contribution in [3.05, 3.63) is 59.2 Å². The van der Waals surface area contributed by atoms with Crippen molar-refractivity contribution < 1.29 is 38.8 Å². The average Bonchev–Trinajstić information content (AvgIpc) is 3.06. The number of carboxylic acid groups (broad SMARTS) is 1. The number of carbonyl (C=O) groups excluding carboxylic acids is 2. The van der Waals surface area contributed by atoms with Gasteiger partial charge >= 0.3 is 5.97 Å². The molecule has 0 radical (unpaired) electrons. The van der Waals surface area contributed by atoms with Crippen LogP contribution >= 0.6 is 0 Å². The van der Waals surface area contributed by atoms with Crippen LogP contribution < -0.4 is 14.2 Å². The molecule has 0 bridgehead atoms. The predicted octanol–water partition coefficient (Wildman–Crippen LogP) is 2.61. The third-order valence-electron chi connectivity index (χ3n) is 5.21. The van der Waals surface area contributed by atoms with E-state index in [-0.39, 0.29) is 24.3 Å². The van der Waals surface area contributed by atoms with Gasteiger partial charge in [-0.15, -0.1) is 0 Å². The maximum absolute atomic E-state index is 13.0. The van der Waals surface area contributed by atoms with E-state index in [0.717, 1.165) is 4.90 Å². The minimum atomic E-state index is -1.12. The number of ketones is 1. The first-order valence-corrected chi connectivity index (χ1v) is 9.69. The van der Waals surface area contributed by atoms with E-state index in [0.29, 0.717) is 28.4 Å². The number of aliphatic hydroxyl groups excluding tert-OH is 1. The lowest BCUT2D eigenvalue weighted by molar-refractivity contribution is -0.142. The molecule has 2 aromatic rings. The molecule has 0 spiro atoms. The smallest absolute Gasteiger partial charge is 0.305 e. The summed E-state index contributed by atoms with van der Waals surface area (Å²) < 4.78 is 15.8. The predicted molar refractivity (Wildman–Crippen MR) is 114 cm³/mol. The van der Waals surface area contributed by atoms with Crippen LogP contribution in [0.25, 0.3) is 5.76 Å². The van der Waals surface area contributed by atoms with Gasteiger partial charge in [0.25, 0.3) is 11.7 Å². The summed E-state index contributed by atoms with van der Waals surface area (Å²) in [5.74, 6) is -1.96. The molecule has 1 atom stereocenters. The number of carbonyl (C=O) groups is 3. The topological polar surface area (TPSA) is 123 Å². The fraction of sp³-hybridized carbons (Fsp3) is 0.261. The molecule has 2 aromatic carbocycles. The van der Waals surface area contributed by atoms with Crippen molar-refractivity contribution in [1.82, 2.24) is 4.90 Å². The highest BCUT2D eigenvalue weighted by atomic mass is 16.5. The summed E-state index contributed by atoms with van der Waals surface area (Å²) in [4.78, 5) is 38.1. The molecule has 3 rings (SSSR count). The minimum Gasteiger partial charge on any atom is -0.507 e. The lowest BCUT2D eigenvalue weighted by Gasteiger charge is -2.26. The second-order valence-electron chi connectivity index (χ2n) is 6.97. The van der Waals surface area contributed by atoms with Gasteiger partial charge in [-0.2, -0.15) is 0 Å². The molecule has 2 N–H and O–H groups in total. The number of nitrogens with zero attached hydrogens (tertiary/aromatic N) is 1. The Hall–Kier alpha value is -4.01. The number of hydrogen-bond donors (Lipinski definition) is 2. The average molecular weight is 441 g/mol. The van der Waals surface area contributed by atoms with Gasteiger partial charge in [-0.3, -0.25) is 14.4 Å². The van der Waals surface area contributed by atoms with Gasteiger partial charge in [0.1, 0.15) is 23.0 Å². The largest absolute Gasteiger partial charge is 0.507 e. The van der Waals surface area contributed by atoms with E-state index in [2.05, 4.69) is 0 Å². The first-order valence-electron chi connectivity index (χ1n) is 9.69. The first kappa shape index (κ1) is 22.7. The Morgan fingerprint density at radius 3 is 2.12 bits per heavy atom. The Morgan fingerprint density at radius 1 is 0.938 bits per heavy atom. The van der Waals surface area contributed by atoms with Crippen molar-refractivity contribution >= 4 is 23.4 Å². The maximum Gasteiger partial charge on any atom is 0.305 e. The molecule has 0 aromatic heterocycles. The number of aliphatic hydroxyl groups is 1. The molecule has 1 heterocycles. The third kappa shape index (κ3) is 4.22. The number of amides is 1. The Bertz CT molecular complexity index is 1070. The molecule has 1 fully saturated rings. The Labute approximate surface area is 184 Å². The fourth-order valence-electron chi connectivity index (χ4n) is 3.60. The number of carboxylic acids is 1. The second kappa shape index (κ2) is 9.42. The van der Waals surface area contributed by atoms with Crippen molar-refractivity contribution in [2.75, 3.05) is 27.9 Å². The van der Waals surface area contributed by atoms with Crippen LogP contribution in [-0.2, 0) is 14.4 Å². The van der Waals surface area contributed by atoms with E-state index < -0.39 is 23.7 Å². The Kier molecular flexibility index (Phi) is 6.67. The number of Topliss-reactive ketones (excluding diaryl/α,β-unsaturated/α-hetero) is 1. The van der Waals surface area contributed by atoms with Crippen molar-refractivity contribution in [3.63, 3.8) is 0 Å². The number of rotatable bonds is 8. The molecule has 0 unspecified atom stereocenters. The highest BCUT2D eigenvalue weighted by Crippen LogP contribution is 2.43. The molecule has 168 valence electrons. The zero-order valence-corrected chi connectivity index (χ0v) is 17.8. The molecule has 0 aliphatic carbocycles. The highest BCUT2D eigenvalue weighted by molar-refractivity contribution is 6.46. The van der Waals surface area contributed by atoms with E-state index >= 15 is 0 Å². The molecular formula is C23H23NO8. The number of methoxy groups -OCH3 is 3. The van der Waals surface area contributed by atoms with E-state index in [4.69, 9.17) is 19.3 Å². The van der Waals surface area contributed by atoms with Crippen LogP contribution in [-0.4, -0.2) is 60.6 Å². The summed E-state index contributed by atoms with van der Waals surface area (Å²) in [6, 6.07) is 10.1. The van der Waals surface area contributed by atoms with Gasteiger partial charge in [0.2, 0.25) is 0 Å². The summed E-state index contributed by atoms with van der Waals surface area (Å²) in [7, 11) is 4.40. The Balaban J connectivity index is 2.20. The number of ether oxygens (including phenoxy) is 3. The highest BCUT2D eigenvalue weighted by Gasteiger charge is 2.47. The quantitative estimate of drug-likeness (QED) is 0.364. The molecule has 1 aliphatic rings. The summed E-state index contributed by atoms with van der Waals surface area (Å²) in [6.45, 7) is -0.223. The van der Waals surface area contributed by atoms with E-state index in [1.54, 1.807) is 42.5 Å². The number of aliphatic carboxylic acids is 1. The minimum absolute atomic E-state index is 0.158. The lowest BCUT2D eigenvalue weighted by Crippen LogP contribution is -2.32. The van der Waals surface area contributed by atoms with Gasteiger partial charge in [-0.05, 0) is 36.4 Å². The van der Waals surface area contributed by atoms with Crippen LogP contribution in [0.2, 0.25) is 0 Å². The van der Waals surface area contributed by atoms with Gasteiger partial charge in [0.15, 0.2) is 0 Å². The molecule has 1 amide bonds. The van der Waals surface area contributed by atoms with Crippen LogP contribution in [0.3, 0.4) is 0 Å². The van der Waals surface area contributed by atoms with Crippen LogP contribution in [0.4, 0.5) is 0 Å². The number of benzene rings is 2. The Morgan fingerprint density at radius 2 is 1.56 bits per heavy atom. The molecule has 0 saturated carbocycles. The molecule has 9 heteroatoms. The fourth-order valence-corrected chi connectivity index (χ4v) is 3.60. The maximum atomic E-state index is 13.0. The lowest BCUT2D eigenvalue weighted by atomic mass is 9.94. The van der Waals surface area contributed by atoms with Crippen LogP contribution in [0, 0.1) is 0 Å². The zero-order chi connectivity index (χ0) is 23.4. The first-order chi connectivity index (χ1) is 15.3. The van der Waals surface area contributed by atoms with E-state index in [1.165, 1.54) is 21.3 Å². The van der Waals surface area contributed by atoms with Crippen LogP contribution in [0.5, 0.6) is 17.2 Å². The third-order valence-corrected chi connectivity index (χ3v) is 5.21. The zero-order valence-electron chi connectivity index (χ0n) is 17.8. The van der Waals surface area contributed by atoms with Gasteiger partial charge in [-0.1, -0.05) is 0 Å². The summed E-state index contributed by atoms with van der Waals surface area (Å²) in [5, 5.41) is 20.1. The van der Waals surface area contributed by atoms with Crippen LogP contribution in [0.1, 0.15) is 23.6 Å². The van der Waals surface area contributed by atoms with Gasteiger partial charge in [-0.25, -0.2) is 0 Å². The molecule has 9 nitrogen and oxygen atoms in total. The van der Waals surface area contributed by atoms with Crippen molar-refractivity contribution in [1.29, 1.82) is 0 Å². The van der Waals surface area contributed by atoms with Gasteiger partial charge < -0.3 is 29.3 Å². The van der Waals surface area contributed by atoms with Crippen LogP contribution in [0.15, 0.2) is 48.0 Å². The van der Waals surface area contributed by atoms with Gasteiger partial charge in [0.05, 0.1) is 39.4 Å². The standard InChI is InChI=1S/C23H23NO8/c1-30-14-6-4-13(5-7-14)21(27)19-20(16-9-8-15(31-2)12-17(16)32-3)24(11-10-18(25)26)23(29)22(19)28/h4-9,12,20,27H,10-11H2,1-3H3,(H,25,26)/t20-/m0/s1. The van der Waals surface area contributed by atoms with E-state index in [1.807, 2.05) is 0 Å². The SMILES string of the molecule is COc1ccc(C(O)=C2C(=O)C(=O)N(CCC(=O)O)[C@H]2c2ccc(OC)cc2OC)cc1. The van der Waals surface area contributed by atoms with E-state index in [9.17, 15) is 19.5 Å². The number of likely N-dealkylation sites (tertiary alicyclic amines) is 1. The monoisotopic (exact) mass is 441 g/mol. The molecular weight excluding hydrogens is 418 g/mol. The normalized spacial score (nSPS) is 17.3. The molecule has 32 heavy (non-hydrogen) atoms. The van der Waals surface area contributed by atoms with Crippen molar-refractivity contribution in [2.24, 2.45) is 0 Å². The summed E-state index contributed by atoms with van der Waals surface area (Å²) in [5.41, 5.74) is 0.557.